The van der Waals surface area contributed by atoms with Crippen LogP contribution in [0.5, 0.6) is 28.7 Å². The molecule has 0 fully saturated rings. The van der Waals surface area contributed by atoms with Crippen LogP contribution in [0, 0.1) is 0 Å². The Labute approximate surface area is 524 Å². The van der Waals surface area contributed by atoms with Gasteiger partial charge in [0.25, 0.3) is 10.1 Å². The van der Waals surface area contributed by atoms with Crippen LogP contribution in [0.4, 0.5) is 0 Å². The van der Waals surface area contributed by atoms with E-state index < -0.39 is 41.7 Å². The maximum atomic E-state index is 13.4. The molecule has 0 heterocycles. The monoisotopic (exact) mass is 1270 g/mol. The van der Waals surface area contributed by atoms with Gasteiger partial charge in [-0.15, -0.1) is 0 Å². The van der Waals surface area contributed by atoms with E-state index in [9.17, 15) is 49.5 Å². The zero-order chi connectivity index (χ0) is 64.5. The number of Topliss-reactive ketones (excluding diaryl/α,β-unsaturated/α-hetero) is 2. The van der Waals surface area contributed by atoms with E-state index in [1.54, 1.807) is 97.1 Å². The van der Waals surface area contributed by atoms with Crippen molar-refractivity contribution >= 4 is 53.3 Å². The van der Waals surface area contributed by atoms with Crippen molar-refractivity contribution in [2.45, 2.75) is 76.8 Å². The number of sulfone groups is 2. The number of benzene rings is 9. The number of aromatic hydroxyl groups is 1. The minimum Gasteiger partial charge on any atom is -0.508 e. The number of hydrogen-bond acceptors (Lipinski definition) is 16. The summed E-state index contributed by atoms with van der Waals surface area (Å²) >= 11 is 0. The maximum Gasteiger partial charge on any atom is 0.315 e. The van der Waals surface area contributed by atoms with Gasteiger partial charge in [-0.2, -0.15) is 8.42 Å². The van der Waals surface area contributed by atoms with Crippen molar-refractivity contribution in [2.24, 2.45) is 0 Å². The Kier molecular flexibility index (Phi) is 25.0. The summed E-state index contributed by atoms with van der Waals surface area (Å²) in [6.07, 6.45) is 0.702. The normalized spacial score (nSPS) is 11.1. The van der Waals surface area contributed by atoms with E-state index in [0.29, 0.717) is 34.1 Å². The summed E-state index contributed by atoms with van der Waals surface area (Å²) in [4.78, 5) is 50.8. The first kappa shape index (κ1) is 67.9. The molecule has 0 aliphatic carbocycles. The Morgan fingerprint density at radius 1 is 0.333 bits per heavy atom. The highest BCUT2D eigenvalue weighted by Crippen LogP contribution is 2.26. The molecule has 0 aromatic heterocycles. The second kappa shape index (κ2) is 33.1. The summed E-state index contributed by atoms with van der Waals surface area (Å²) in [5.74, 6) is 0.944. The summed E-state index contributed by atoms with van der Waals surface area (Å²) < 4.78 is 110. The Bertz CT molecular complexity index is 4000. The molecule has 0 amide bonds. The number of esters is 2. The van der Waals surface area contributed by atoms with Crippen molar-refractivity contribution in [2.75, 3.05) is 26.4 Å². The van der Waals surface area contributed by atoms with Crippen LogP contribution in [-0.4, -0.2) is 84.8 Å². The van der Waals surface area contributed by atoms with E-state index in [4.69, 9.17) is 28.2 Å². The predicted octanol–water partition coefficient (Wildman–Crippen LogP) is 11.5. The molecule has 9 aromatic rings. The van der Waals surface area contributed by atoms with Crippen LogP contribution in [0.1, 0.15) is 47.2 Å². The fourth-order valence-electron chi connectivity index (χ4n) is 8.81. The lowest BCUT2D eigenvalue weighted by atomic mass is 10.0. The van der Waals surface area contributed by atoms with Crippen molar-refractivity contribution in [1.82, 2.24) is 0 Å². The average Bonchev–Trinajstić information content (AvgIpc) is 1.18. The van der Waals surface area contributed by atoms with E-state index in [0.717, 1.165) is 22.3 Å². The second-order valence-electron chi connectivity index (χ2n) is 19.9. The largest absolute Gasteiger partial charge is 0.508 e. The lowest BCUT2D eigenvalue weighted by molar-refractivity contribution is -0.134. The number of carbonyl (C=O) groups is 4. The van der Waals surface area contributed by atoms with Crippen molar-refractivity contribution in [3.8, 4) is 28.7 Å². The van der Waals surface area contributed by atoms with Gasteiger partial charge in [-0.1, -0.05) is 123 Å². The van der Waals surface area contributed by atoms with Crippen LogP contribution < -0.4 is 18.9 Å². The molecule has 466 valence electrons. The van der Waals surface area contributed by atoms with Crippen LogP contribution in [-0.2, 0) is 92.2 Å². The second-order valence-corrected chi connectivity index (χ2v) is 25.2. The first-order valence-corrected chi connectivity index (χ1v) is 32.8. The average molecular weight is 1280 g/mol. The van der Waals surface area contributed by atoms with Crippen LogP contribution >= 0.6 is 0 Å². The lowest BCUT2D eigenvalue weighted by Gasteiger charge is -2.10. The third-order valence-electron chi connectivity index (χ3n) is 13.1. The fourth-order valence-corrected chi connectivity index (χ4v) is 11.8. The van der Waals surface area contributed by atoms with Crippen molar-refractivity contribution in [1.29, 1.82) is 0 Å². The van der Waals surface area contributed by atoms with Crippen LogP contribution in [0.25, 0.3) is 0 Å². The van der Waals surface area contributed by atoms with E-state index in [2.05, 4.69) is 0 Å². The molecule has 0 aliphatic heterocycles. The number of hydrogen-bond donors (Lipinski definition) is 2. The molecule has 2 N–H and O–H groups in total. The van der Waals surface area contributed by atoms with E-state index in [-0.39, 0.29) is 107 Å². The van der Waals surface area contributed by atoms with Crippen LogP contribution in [0.15, 0.2) is 255 Å². The van der Waals surface area contributed by atoms with Gasteiger partial charge < -0.3 is 28.8 Å². The molecule has 0 aliphatic rings. The molecule has 20 heteroatoms. The van der Waals surface area contributed by atoms with Gasteiger partial charge in [-0.05, 0) is 155 Å². The third-order valence-corrected chi connectivity index (χ3v) is 17.5. The number of carbonyl (C=O) groups excluding carboxylic acids is 4. The summed E-state index contributed by atoms with van der Waals surface area (Å²) in [7, 11) is -11.8. The molecule has 0 atom stereocenters. The molecule has 9 aromatic carbocycles. The number of para-hydroxylation sites is 2. The smallest absolute Gasteiger partial charge is 0.315 e. The number of ether oxygens (including phenoxy) is 5. The minimum absolute atomic E-state index is 0.0131. The zero-order valence-electron chi connectivity index (χ0n) is 49.3. The first-order chi connectivity index (χ1) is 43.2. The van der Waals surface area contributed by atoms with Crippen molar-refractivity contribution in [3.63, 3.8) is 0 Å². The van der Waals surface area contributed by atoms with Gasteiger partial charge in [0.1, 0.15) is 53.5 Å². The van der Waals surface area contributed by atoms with Gasteiger partial charge in [-0.25, -0.2) is 16.8 Å². The van der Waals surface area contributed by atoms with E-state index >= 15 is 0 Å². The van der Waals surface area contributed by atoms with Gasteiger partial charge in [0.2, 0.25) is 19.7 Å². The van der Waals surface area contributed by atoms with E-state index in [1.807, 2.05) is 62.4 Å². The molecule has 0 bridgehead atoms. The van der Waals surface area contributed by atoms with Gasteiger partial charge in [0.05, 0.1) is 50.5 Å². The fraction of sp³-hybridized carbons (Fsp3) is 0.171. The maximum absolute atomic E-state index is 13.4. The molecule has 0 saturated heterocycles. The molecule has 0 radical (unpaired) electrons. The van der Waals surface area contributed by atoms with Crippen molar-refractivity contribution < 1.29 is 77.8 Å². The number of phenolic OH excluding ortho intramolecular Hbond substituents is 1. The molecule has 9 rings (SSSR count). The first-order valence-electron chi connectivity index (χ1n) is 28.4. The molecular weight excluding hydrogens is 1210 g/mol. The Hall–Kier alpha value is -9.57. The molecular formula is C70H66O17S3. The summed E-state index contributed by atoms with van der Waals surface area (Å²) in [6.45, 7) is 5.02. The summed E-state index contributed by atoms with van der Waals surface area (Å²) in [5, 5.41) is 9.31. The van der Waals surface area contributed by atoms with Gasteiger partial charge in [-0.3, -0.25) is 23.7 Å². The highest BCUT2D eigenvalue weighted by Gasteiger charge is 2.20. The minimum atomic E-state index is -4.23. The zero-order valence-corrected chi connectivity index (χ0v) is 51.7. The summed E-state index contributed by atoms with van der Waals surface area (Å²) in [6, 6.07) is 61.3. The number of rotatable bonds is 27. The van der Waals surface area contributed by atoms with Gasteiger partial charge in [0, 0.05) is 25.7 Å². The van der Waals surface area contributed by atoms with Crippen molar-refractivity contribution in [3.05, 3.63) is 264 Å². The van der Waals surface area contributed by atoms with Gasteiger partial charge in [0.15, 0.2) is 0 Å². The molecule has 0 spiro atoms. The third kappa shape index (κ3) is 21.3. The number of ketones is 2. The molecule has 90 heavy (non-hydrogen) atoms. The van der Waals surface area contributed by atoms with Gasteiger partial charge >= 0.3 is 11.9 Å². The summed E-state index contributed by atoms with van der Waals surface area (Å²) in [5.41, 5.74) is 4.38. The Balaban J connectivity index is 0.000000281. The lowest BCUT2D eigenvalue weighted by Crippen LogP contribution is -2.12. The molecule has 17 nitrogen and oxygen atoms in total. The highest BCUT2D eigenvalue weighted by atomic mass is 32.2. The Morgan fingerprint density at radius 3 is 1.00 bits per heavy atom. The molecule has 0 unspecified atom stereocenters. The topological polar surface area (TPSA) is 257 Å². The Morgan fingerprint density at radius 2 is 0.644 bits per heavy atom. The highest BCUT2D eigenvalue weighted by molar-refractivity contribution is 7.91. The standard InChI is InChI=1S/C46H38O8S.C22H22O9S2.C2H6/c47-39(29-35-9-7-11-37(25-35)31-45(49)53-41-13-3-1-4-14-41)27-33-17-21-43(22-18-33)55(51,52)44-23-19-34(20-24-44)28-40(48)30-36-10-8-12-38(26-36)32-46(50)54-42-15-5-2-6-16-42;23-17-1-7-20(8-2-17)32(24,25)21-9-3-18(4-10-21)30-15-13-29-14-16-31-19-5-11-22(12-6-19)33(26,27)28;1-2/h1-26H,27-32H2;1-12,23H,13-16H2,(H,26,27,28);1-2H3. The quantitative estimate of drug-likeness (QED) is 0.0210. The predicted molar refractivity (Wildman–Crippen MR) is 337 cm³/mol. The van der Waals surface area contributed by atoms with E-state index in [1.165, 1.54) is 84.9 Å². The van der Waals surface area contributed by atoms with Crippen LogP contribution in [0.2, 0.25) is 0 Å². The SMILES string of the molecule is CC.O=C(Cc1ccc(S(=O)(=O)c2ccc(CC(=O)Cc3cccc(CC(=O)Oc4ccccc4)c3)cc2)cc1)Cc1cccc(CC(=O)Oc2ccccc2)c1.O=S(=O)(O)c1ccc(OCCOCCOc2ccc(S(=O)(=O)c3ccc(O)cc3)cc2)cc1. The number of phenols is 1. The molecule has 0 saturated carbocycles. The van der Waals surface area contributed by atoms with Crippen LogP contribution in [0.3, 0.4) is 0 Å².